The van der Waals surface area contributed by atoms with E-state index >= 15 is 0 Å². The molecule has 27 heavy (non-hydrogen) atoms. The van der Waals surface area contributed by atoms with E-state index in [1.165, 1.54) is 0 Å². The van der Waals surface area contributed by atoms with Gasteiger partial charge in [-0.1, -0.05) is 0 Å². The van der Waals surface area contributed by atoms with Gasteiger partial charge in [0.05, 0.1) is 19.1 Å². The lowest BCUT2D eigenvalue weighted by molar-refractivity contribution is -0.115. The summed E-state index contributed by atoms with van der Waals surface area (Å²) in [6.45, 7) is 1.82. The van der Waals surface area contributed by atoms with Crippen LogP contribution < -0.4 is 15.7 Å². The van der Waals surface area contributed by atoms with E-state index in [9.17, 15) is 9.59 Å². The number of H-pyrrole nitrogens is 1. The minimum atomic E-state index is -0.510. The van der Waals surface area contributed by atoms with Crippen molar-refractivity contribution in [1.29, 1.82) is 0 Å². The number of nitrogens with one attached hydrogen (secondary N) is 2. The maximum absolute atomic E-state index is 12.5. The van der Waals surface area contributed by atoms with Gasteiger partial charge in [0.15, 0.2) is 0 Å². The van der Waals surface area contributed by atoms with Crippen LogP contribution in [-0.2, 0) is 11.2 Å². The molecule has 1 amide bonds. The summed E-state index contributed by atoms with van der Waals surface area (Å²) in [6.07, 6.45) is 1.79. The second-order valence-electron chi connectivity index (χ2n) is 6.36. The Kier molecular flexibility index (Phi) is 4.16. The van der Waals surface area contributed by atoms with Crippen LogP contribution in [0.4, 0.5) is 5.69 Å². The average Bonchev–Trinajstić information content (AvgIpc) is 3.12. The minimum Gasteiger partial charge on any atom is -0.497 e. The first-order valence-corrected chi connectivity index (χ1v) is 8.52. The molecule has 0 saturated heterocycles. The molecule has 136 valence electrons. The topological polar surface area (TPSA) is 84.3 Å². The lowest BCUT2D eigenvalue weighted by atomic mass is 10.0. The van der Waals surface area contributed by atoms with Crippen LogP contribution in [0.15, 0.2) is 57.9 Å². The van der Waals surface area contributed by atoms with Crippen LogP contribution >= 0.6 is 0 Å². The van der Waals surface area contributed by atoms with Gasteiger partial charge in [0, 0.05) is 34.2 Å². The average molecular weight is 362 g/mol. The number of anilines is 1. The second-order valence-corrected chi connectivity index (χ2v) is 6.36. The van der Waals surface area contributed by atoms with Crippen molar-refractivity contribution in [3.8, 4) is 5.75 Å². The Hall–Kier alpha value is -3.54. The number of fused-ring (bicyclic) bond motifs is 2. The Morgan fingerprint density at radius 2 is 2.04 bits per heavy atom. The number of ether oxygens (including phenoxy) is 1. The molecule has 0 unspecified atom stereocenters. The number of amides is 1. The van der Waals surface area contributed by atoms with E-state index in [1.807, 2.05) is 43.5 Å². The highest BCUT2D eigenvalue weighted by Gasteiger charge is 2.15. The van der Waals surface area contributed by atoms with E-state index in [1.54, 1.807) is 19.2 Å². The van der Waals surface area contributed by atoms with Gasteiger partial charge in [-0.2, -0.15) is 0 Å². The van der Waals surface area contributed by atoms with Crippen LogP contribution in [0.25, 0.3) is 21.9 Å². The summed E-state index contributed by atoms with van der Waals surface area (Å²) in [7, 11) is 1.55. The van der Waals surface area contributed by atoms with Gasteiger partial charge in [-0.3, -0.25) is 4.79 Å². The van der Waals surface area contributed by atoms with Crippen LogP contribution in [-0.4, -0.2) is 18.0 Å². The third-order valence-corrected chi connectivity index (χ3v) is 4.67. The van der Waals surface area contributed by atoms with Crippen molar-refractivity contribution in [1.82, 2.24) is 4.98 Å². The molecule has 0 aliphatic heterocycles. The zero-order valence-corrected chi connectivity index (χ0v) is 15.0. The van der Waals surface area contributed by atoms with Crippen molar-refractivity contribution in [3.63, 3.8) is 0 Å². The summed E-state index contributed by atoms with van der Waals surface area (Å²) < 4.78 is 10.6. The van der Waals surface area contributed by atoms with Gasteiger partial charge in [-0.05, 0) is 48.9 Å². The fraction of sp³-hybridized carbons (Fsp3) is 0.143. The second kappa shape index (κ2) is 6.64. The number of carbonyl (C=O) groups excluding carboxylic acids is 1. The molecule has 4 aromatic rings. The molecule has 6 heteroatoms. The SMILES string of the molecule is COc1ccc2c(C)c(CC(=O)Nc3ccc4[nH]ccc4c3)c(=O)oc2c1. The Balaban J connectivity index is 1.62. The van der Waals surface area contributed by atoms with Crippen molar-refractivity contribution in [2.24, 2.45) is 0 Å². The molecule has 4 rings (SSSR count). The number of aromatic nitrogens is 1. The van der Waals surface area contributed by atoms with Crippen LogP contribution in [0.2, 0.25) is 0 Å². The molecular formula is C21H18N2O4. The molecule has 2 N–H and O–H groups in total. The van der Waals surface area contributed by atoms with E-state index < -0.39 is 5.63 Å². The number of carbonyl (C=O) groups is 1. The van der Waals surface area contributed by atoms with Gasteiger partial charge in [-0.25, -0.2) is 4.79 Å². The van der Waals surface area contributed by atoms with Gasteiger partial charge >= 0.3 is 5.63 Å². The van der Waals surface area contributed by atoms with Gasteiger partial charge in [0.25, 0.3) is 0 Å². The van der Waals surface area contributed by atoms with Gasteiger partial charge in [0.1, 0.15) is 11.3 Å². The Labute approximate surface area is 154 Å². The number of aromatic amines is 1. The normalized spacial score (nSPS) is 11.0. The maximum Gasteiger partial charge on any atom is 0.340 e. The van der Waals surface area contributed by atoms with E-state index in [-0.39, 0.29) is 12.3 Å². The largest absolute Gasteiger partial charge is 0.497 e. The summed E-state index contributed by atoms with van der Waals surface area (Å²) in [5.74, 6) is 0.337. The highest BCUT2D eigenvalue weighted by Crippen LogP contribution is 2.24. The molecule has 0 spiro atoms. The van der Waals surface area contributed by atoms with Gasteiger partial charge in [-0.15, -0.1) is 0 Å². The number of hydrogen-bond acceptors (Lipinski definition) is 4. The Bertz CT molecular complexity index is 1220. The van der Waals surface area contributed by atoms with Crippen molar-refractivity contribution in [3.05, 3.63) is 70.2 Å². The third-order valence-electron chi connectivity index (χ3n) is 4.67. The molecule has 0 fully saturated rings. The predicted octanol–water partition coefficient (Wildman–Crippen LogP) is 3.77. The van der Waals surface area contributed by atoms with Crippen LogP contribution in [0.5, 0.6) is 5.75 Å². The van der Waals surface area contributed by atoms with Crippen LogP contribution in [0.1, 0.15) is 11.1 Å². The van der Waals surface area contributed by atoms with Crippen molar-refractivity contribution >= 4 is 33.5 Å². The zero-order valence-electron chi connectivity index (χ0n) is 15.0. The lowest BCUT2D eigenvalue weighted by Gasteiger charge is -2.09. The molecule has 0 radical (unpaired) electrons. The summed E-state index contributed by atoms with van der Waals surface area (Å²) in [6, 6.07) is 12.8. The number of rotatable bonds is 4. The smallest absolute Gasteiger partial charge is 0.340 e. The molecule has 0 aliphatic rings. The summed E-state index contributed by atoms with van der Waals surface area (Å²) in [4.78, 5) is 28.0. The first-order valence-electron chi connectivity index (χ1n) is 8.52. The highest BCUT2D eigenvalue weighted by molar-refractivity contribution is 5.95. The molecule has 2 heterocycles. The van der Waals surface area contributed by atoms with E-state index in [4.69, 9.17) is 9.15 Å². The van der Waals surface area contributed by atoms with E-state index in [0.717, 1.165) is 21.9 Å². The van der Waals surface area contributed by atoms with Crippen molar-refractivity contribution in [2.45, 2.75) is 13.3 Å². The number of methoxy groups -OCH3 is 1. The van der Waals surface area contributed by atoms with Crippen molar-refractivity contribution in [2.75, 3.05) is 12.4 Å². The first-order chi connectivity index (χ1) is 13.0. The Morgan fingerprint density at radius 1 is 1.19 bits per heavy atom. The first kappa shape index (κ1) is 16.9. The summed E-state index contributed by atoms with van der Waals surface area (Å²) >= 11 is 0. The molecule has 0 saturated carbocycles. The quantitative estimate of drug-likeness (QED) is 0.541. The number of benzene rings is 2. The number of aryl methyl sites for hydroxylation is 1. The van der Waals surface area contributed by atoms with Gasteiger partial charge in [0.2, 0.25) is 5.91 Å². The molecule has 6 nitrogen and oxygen atoms in total. The van der Waals surface area contributed by atoms with Gasteiger partial charge < -0.3 is 19.5 Å². The fourth-order valence-corrected chi connectivity index (χ4v) is 3.20. The highest BCUT2D eigenvalue weighted by atomic mass is 16.5. The minimum absolute atomic E-state index is 0.0543. The predicted molar refractivity (Wildman–Crippen MR) is 104 cm³/mol. The standard InChI is InChI=1S/C21H18N2O4/c1-12-16-5-4-15(26-2)10-19(16)27-21(25)17(12)11-20(24)23-14-3-6-18-13(9-14)7-8-22-18/h3-10,22H,11H2,1-2H3,(H,23,24). The maximum atomic E-state index is 12.5. The molecule has 0 atom stereocenters. The molecular weight excluding hydrogens is 344 g/mol. The zero-order chi connectivity index (χ0) is 19.0. The summed E-state index contributed by atoms with van der Waals surface area (Å²) in [5, 5.41) is 4.63. The van der Waals surface area contributed by atoms with Crippen LogP contribution in [0, 0.1) is 6.92 Å². The fourth-order valence-electron chi connectivity index (χ4n) is 3.20. The monoisotopic (exact) mass is 362 g/mol. The Morgan fingerprint density at radius 3 is 2.85 bits per heavy atom. The lowest BCUT2D eigenvalue weighted by Crippen LogP contribution is -2.20. The third kappa shape index (κ3) is 3.17. The number of hydrogen-bond donors (Lipinski definition) is 2. The van der Waals surface area contributed by atoms with E-state index in [2.05, 4.69) is 10.3 Å². The van der Waals surface area contributed by atoms with Crippen molar-refractivity contribution < 1.29 is 13.9 Å². The molecule has 0 bridgehead atoms. The molecule has 2 aromatic heterocycles. The molecule has 0 aliphatic carbocycles. The van der Waals surface area contributed by atoms with E-state index in [0.29, 0.717) is 22.6 Å². The molecule has 2 aromatic carbocycles. The summed E-state index contributed by atoms with van der Waals surface area (Å²) in [5.41, 5.74) is 2.70. The van der Waals surface area contributed by atoms with Crippen LogP contribution in [0.3, 0.4) is 0 Å².